The Bertz CT molecular complexity index is 886. The highest BCUT2D eigenvalue weighted by Gasteiger charge is 2.38. The highest BCUT2D eigenvalue weighted by atomic mass is 16.4. The van der Waals surface area contributed by atoms with E-state index in [0.717, 1.165) is 10.5 Å². The third-order valence-electron chi connectivity index (χ3n) is 4.33. The molecule has 0 aliphatic carbocycles. The second-order valence-electron chi connectivity index (χ2n) is 6.03. The number of carboxylic acid groups (broad SMARTS) is 1. The number of nitrogen functional groups attached to an aromatic ring is 1. The molecule has 1 atom stereocenters. The van der Waals surface area contributed by atoms with Gasteiger partial charge in [-0.3, -0.25) is 14.5 Å². The van der Waals surface area contributed by atoms with Crippen molar-refractivity contribution in [1.82, 2.24) is 19.8 Å². The molecule has 2 heterocycles. The summed E-state index contributed by atoms with van der Waals surface area (Å²) < 4.78 is 0. The van der Waals surface area contributed by atoms with Gasteiger partial charge >= 0.3 is 6.09 Å². The number of carbonyl (C=O) groups excluding carboxylic acids is 2. The molecule has 5 N–H and O–H groups in total. The average Bonchev–Trinajstić information content (AvgIpc) is 2.58. The minimum Gasteiger partial charge on any atom is -0.465 e. The van der Waals surface area contributed by atoms with Crippen LogP contribution in [0.15, 0.2) is 24.5 Å². The first-order chi connectivity index (χ1) is 12.4. The Morgan fingerprint density at radius 3 is 2.73 bits per heavy atom. The summed E-state index contributed by atoms with van der Waals surface area (Å²) in [4.78, 5) is 45.8. The van der Waals surface area contributed by atoms with Crippen molar-refractivity contribution in [3.63, 3.8) is 0 Å². The molecular weight excluding hydrogens is 340 g/mol. The number of amides is 3. The number of hydrogen-bond donors (Lipinski definition) is 3. The second kappa shape index (κ2) is 6.82. The number of nitrogens with zero attached hydrogens (tertiary/aromatic N) is 4. The van der Waals surface area contributed by atoms with Gasteiger partial charge < -0.3 is 21.5 Å². The summed E-state index contributed by atoms with van der Waals surface area (Å²) in [6.07, 6.45) is -0.230. The number of carbonyl (C=O) groups is 3. The molecule has 0 saturated carbocycles. The predicted octanol–water partition coefficient (Wildman–Crippen LogP) is -0.222. The molecule has 10 nitrogen and oxygen atoms in total. The van der Waals surface area contributed by atoms with Crippen molar-refractivity contribution in [2.75, 3.05) is 18.8 Å². The lowest BCUT2D eigenvalue weighted by atomic mass is 10.1. The van der Waals surface area contributed by atoms with Crippen LogP contribution in [0.25, 0.3) is 10.9 Å². The SMILES string of the molecule is NC(=O)CC1C(=O)N(Cc2ccc3c(N)ncnc3c2)CCN1C(=O)O. The summed E-state index contributed by atoms with van der Waals surface area (Å²) in [7, 11) is 0. The fourth-order valence-electron chi connectivity index (χ4n) is 3.05. The van der Waals surface area contributed by atoms with E-state index < -0.39 is 23.9 Å². The van der Waals surface area contributed by atoms with Crippen molar-refractivity contribution in [3.8, 4) is 0 Å². The molecule has 1 fully saturated rings. The standard InChI is InChI=1S/C16H18N6O4/c17-13(23)6-12-15(24)21(3-4-22(12)16(25)26)7-9-1-2-10-11(5-9)19-8-20-14(10)18/h1-2,5,8,12H,3-4,6-7H2,(H2,17,23)(H,25,26)(H2,18,19,20). The highest BCUT2D eigenvalue weighted by Crippen LogP contribution is 2.21. The maximum Gasteiger partial charge on any atom is 0.408 e. The summed E-state index contributed by atoms with van der Waals surface area (Å²) >= 11 is 0. The molecule has 2 aromatic rings. The van der Waals surface area contributed by atoms with Crippen molar-refractivity contribution in [2.45, 2.75) is 19.0 Å². The van der Waals surface area contributed by atoms with Gasteiger partial charge in [0.1, 0.15) is 18.2 Å². The summed E-state index contributed by atoms with van der Waals surface area (Å²) in [6.45, 7) is 0.605. The van der Waals surface area contributed by atoms with Crippen molar-refractivity contribution in [2.24, 2.45) is 5.73 Å². The molecule has 3 amide bonds. The monoisotopic (exact) mass is 358 g/mol. The van der Waals surface area contributed by atoms with E-state index in [1.807, 2.05) is 6.07 Å². The molecule has 26 heavy (non-hydrogen) atoms. The van der Waals surface area contributed by atoms with Crippen molar-refractivity contribution < 1.29 is 19.5 Å². The maximum absolute atomic E-state index is 12.7. The molecule has 0 bridgehead atoms. The van der Waals surface area contributed by atoms with Gasteiger partial charge in [-0.1, -0.05) is 6.07 Å². The molecule has 0 spiro atoms. The van der Waals surface area contributed by atoms with Gasteiger partial charge in [0.2, 0.25) is 11.8 Å². The first-order valence-corrected chi connectivity index (χ1v) is 7.92. The lowest BCUT2D eigenvalue weighted by Crippen LogP contribution is -2.59. The average molecular weight is 358 g/mol. The van der Waals surface area contributed by atoms with Gasteiger partial charge in [0.15, 0.2) is 0 Å². The molecule has 1 saturated heterocycles. The van der Waals surface area contributed by atoms with E-state index in [1.54, 1.807) is 12.1 Å². The van der Waals surface area contributed by atoms with Crippen LogP contribution in [-0.4, -0.2) is 61.9 Å². The highest BCUT2D eigenvalue weighted by molar-refractivity contribution is 5.91. The molecule has 1 unspecified atom stereocenters. The Labute approximate surface area is 148 Å². The smallest absolute Gasteiger partial charge is 0.408 e. The molecule has 10 heteroatoms. The van der Waals surface area contributed by atoms with Crippen LogP contribution in [0, 0.1) is 0 Å². The van der Waals surface area contributed by atoms with E-state index in [0.29, 0.717) is 16.7 Å². The topological polar surface area (TPSA) is 156 Å². The third kappa shape index (κ3) is 3.34. The predicted molar refractivity (Wildman–Crippen MR) is 91.7 cm³/mol. The summed E-state index contributed by atoms with van der Waals surface area (Å²) in [5.41, 5.74) is 12.4. The van der Waals surface area contributed by atoms with Gasteiger partial charge in [-0.2, -0.15) is 0 Å². The number of piperazine rings is 1. The normalized spacial score (nSPS) is 17.5. The van der Waals surface area contributed by atoms with Crippen LogP contribution < -0.4 is 11.5 Å². The number of hydrogen-bond acceptors (Lipinski definition) is 6. The number of rotatable bonds is 4. The molecular formula is C16H18N6O4. The van der Waals surface area contributed by atoms with E-state index in [2.05, 4.69) is 9.97 Å². The molecule has 1 aromatic heterocycles. The van der Waals surface area contributed by atoms with E-state index in [4.69, 9.17) is 11.5 Å². The van der Waals surface area contributed by atoms with Gasteiger partial charge in [0.05, 0.1) is 11.9 Å². The number of fused-ring (bicyclic) bond motifs is 1. The largest absolute Gasteiger partial charge is 0.465 e. The van der Waals surface area contributed by atoms with E-state index in [9.17, 15) is 19.5 Å². The molecule has 3 rings (SSSR count). The van der Waals surface area contributed by atoms with Gasteiger partial charge in [-0.05, 0) is 17.7 Å². The Balaban J connectivity index is 1.82. The summed E-state index contributed by atoms with van der Waals surface area (Å²) in [5, 5.41) is 9.95. The van der Waals surface area contributed by atoms with Crippen LogP contribution in [-0.2, 0) is 16.1 Å². The Morgan fingerprint density at radius 2 is 2.04 bits per heavy atom. The van der Waals surface area contributed by atoms with Crippen molar-refractivity contribution in [3.05, 3.63) is 30.1 Å². The number of nitrogens with two attached hydrogens (primary N) is 2. The molecule has 136 valence electrons. The van der Waals surface area contributed by atoms with Crippen LogP contribution in [0.5, 0.6) is 0 Å². The Kier molecular flexibility index (Phi) is 4.57. The van der Waals surface area contributed by atoms with Gasteiger partial charge in [-0.15, -0.1) is 0 Å². The fourth-order valence-corrected chi connectivity index (χ4v) is 3.05. The van der Waals surface area contributed by atoms with Crippen LogP contribution in [0.3, 0.4) is 0 Å². The molecule has 1 aliphatic rings. The third-order valence-corrected chi connectivity index (χ3v) is 4.33. The number of primary amides is 1. The molecule has 1 aromatic carbocycles. The maximum atomic E-state index is 12.7. The van der Waals surface area contributed by atoms with Crippen LogP contribution in [0.1, 0.15) is 12.0 Å². The quantitative estimate of drug-likeness (QED) is 0.682. The van der Waals surface area contributed by atoms with Crippen LogP contribution in [0.4, 0.5) is 10.6 Å². The summed E-state index contributed by atoms with van der Waals surface area (Å²) in [6, 6.07) is 4.28. The van der Waals surface area contributed by atoms with Crippen LogP contribution >= 0.6 is 0 Å². The first kappa shape index (κ1) is 17.4. The number of benzene rings is 1. The molecule has 1 aliphatic heterocycles. The lowest BCUT2D eigenvalue weighted by molar-refractivity contribution is -0.143. The van der Waals surface area contributed by atoms with Crippen molar-refractivity contribution >= 4 is 34.6 Å². The lowest BCUT2D eigenvalue weighted by Gasteiger charge is -2.38. The Hall–Kier alpha value is -3.43. The zero-order chi connectivity index (χ0) is 18.8. The minimum atomic E-state index is -1.25. The van der Waals surface area contributed by atoms with E-state index >= 15 is 0 Å². The van der Waals surface area contributed by atoms with Gasteiger partial charge in [0.25, 0.3) is 0 Å². The number of anilines is 1. The number of aromatic nitrogens is 2. The van der Waals surface area contributed by atoms with Gasteiger partial charge in [0, 0.05) is 25.0 Å². The minimum absolute atomic E-state index is 0.113. The van der Waals surface area contributed by atoms with Gasteiger partial charge in [-0.25, -0.2) is 14.8 Å². The van der Waals surface area contributed by atoms with E-state index in [1.165, 1.54) is 11.2 Å². The second-order valence-corrected chi connectivity index (χ2v) is 6.03. The fraction of sp³-hybridized carbons (Fsp3) is 0.312. The first-order valence-electron chi connectivity index (χ1n) is 7.92. The van der Waals surface area contributed by atoms with Crippen LogP contribution in [0.2, 0.25) is 0 Å². The molecule has 0 radical (unpaired) electrons. The zero-order valence-corrected chi connectivity index (χ0v) is 13.8. The zero-order valence-electron chi connectivity index (χ0n) is 13.8. The summed E-state index contributed by atoms with van der Waals surface area (Å²) in [5.74, 6) is -0.803. The van der Waals surface area contributed by atoms with E-state index in [-0.39, 0.29) is 26.1 Å². The van der Waals surface area contributed by atoms with Crippen molar-refractivity contribution in [1.29, 1.82) is 0 Å². The Morgan fingerprint density at radius 1 is 1.27 bits per heavy atom.